The third-order valence-electron chi connectivity index (χ3n) is 3.27. The lowest BCUT2D eigenvalue weighted by Gasteiger charge is -2.21. The second-order valence-electron chi connectivity index (χ2n) is 4.84. The second kappa shape index (κ2) is 7.09. The lowest BCUT2D eigenvalue weighted by Crippen LogP contribution is -2.24. The van der Waals surface area contributed by atoms with E-state index in [4.69, 9.17) is 11.6 Å². The van der Waals surface area contributed by atoms with E-state index in [0.717, 1.165) is 24.4 Å². The number of nitrogens with one attached hydrogen (secondary N) is 1. The molecule has 0 amide bonds. The molecule has 19 heavy (non-hydrogen) atoms. The SMILES string of the molecule is CCCNC(Cc1ccsc1)c1ccc(Cl)cc1C. The molecule has 0 saturated heterocycles. The first-order valence-corrected chi connectivity index (χ1v) is 8.03. The summed E-state index contributed by atoms with van der Waals surface area (Å²) in [6.07, 6.45) is 2.18. The van der Waals surface area contributed by atoms with Crippen LogP contribution in [0.1, 0.15) is 36.1 Å². The van der Waals surface area contributed by atoms with Crippen LogP contribution in [0.15, 0.2) is 35.0 Å². The summed E-state index contributed by atoms with van der Waals surface area (Å²) >= 11 is 7.81. The van der Waals surface area contributed by atoms with Crippen molar-refractivity contribution in [3.05, 3.63) is 56.7 Å². The number of halogens is 1. The van der Waals surface area contributed by atoms with Gasteiger partial charge in [-0.05, 0) is 72.0 Å². The van der Waals surface area contributed by atoms with Crippen LogP contribution in [0.5, 0.6) is 0 Å². The summed E-state index contributed by atoms with van der Waals surface area (Å²) in [5, 5.41) is 8.82. The third-order valence-corrected chi connectivity index (χ3v) is 4.24. The summed E-state index contributed by atoms with van der Waals surface area (Å²) in [5.41, 5.74) is 4.01. The Kier molecular flexibility index (Phi) is 5.44. The molecule has 0 bridgehead atoms. The molecule has 1 N–H and O–H groups in total. The lowest BCUT2D eigenvalue weighted by atomic mass is 9.96. The van der Waals surface area contributed by atoms with Crippen molar-refractivity contribution < 1.29 is 0 Å². The van der Waals surface area contributed by atoms with Crippen LogP contribution in [0.3, 0.4) is 0 Å². The topological polar surface area (TPSA) is 12.0 Å². The highest BCUT2D eigenvalue weighted by Crippen LogP contribution is 2.25. The predicted molar refractivity (Wildman–Crippen MR) is 85.2 cm³/mol. The molecule has 1 aromatic heterocycles. The van der Waals surface area contributed by atoms with Crippen LogP contribution in [0.25, 0.3) is 0 Å². The zero-order valence-corrected chi connectivity index (χ0v) is 13.0. The number of thiophene rings is 1. The fourth-order valence-corrected chi connectivity index (χ4v) is 3.19. The monoisotopic (exact) mass is 293 g/mol. The summed E-state index contributed by atoms with van der Waals surface area (Å²) in [6.45, 7) is 5.37. The van der Waals surface area contributed by atoms with Gasteiger partial charge in [-0.3, -0.25) is 0 Å². The van der Waals surface area contributed by atoms with Gasteiger partial charge in [-0.2, -0.15) is 11.3 Å². The average Bonchev–Trinajstić information content (AvgIpc) is 2.88. The Morgan fingerprint density at radius 3 is 2.79 bits per heavy atom. The summed E-state index contributed by atoms with van der Waals surface area (Å²) in [5.74, 6) is 0. The van der Waals surface area contributed by atoms with E-state index < -0.39 is 0 Å². The van der Waals surface area contributed by atoms with Gasteiger partial charge in [0.1, 0.15) is 0 Å². The molecule has 0 aliphatic heterocycles. The van der Waals surface area contributed by atoms with E-state index in [-0.39, 0.29) is 0 Å². The van der Waals surface area contributed by atoms with Gasteiger partial charge >= 0.3 is 0 Å². The highest BCUT2D eigenvalue weighted by molar-refractivity contribution is 7.07. The van der Waals surface area contributed by atoms with E-state index in [1.807, 2.05) is 12.1 Å². The van der Waals surface area contributed by atoms with E-state index in [1.54, 1.807) is 11.3 Å². The number of benzene rings is 1. The van der Waals surface area contributed by atoms with Crippen molar-refractivity contribution in [1.29, 1.82) is 0 Å². The largest absolute Gasteiger partial charge is 0.310 e. The van der Waals surface area contributed by atoms with Crippen molar-refractivity contribution in [2.24, 2.45) is 0 Å². The standard InChI is InChI=1S/C16H20ClNS/c1-3-7-18-16(10-13-6-8-19-11-13)15-5-4-14(17)9-12(15)2/h4-6,8-9,11,16,18H,3,7,10H2,1-2H3. The molecule has 1 heterocycles. The van der Waals surface area contributed by atoms with Gasteiger partial charge in [0, 0.05) is 11.1 Å². The maximum atomic E-state index is 6.05. The molecule has 2 rings (SSSR count). The highest BCUT2D eigenvalue weighted by atomic mass is 35.5. The van der Waals surface area contributed by atoms with Gasteiger partial charge in [0.15, 0.2) is 0 Å². The Bertz CT molecular complexity index is 507. The molecule has 0 radical (unpaired) electrons. The summed E-state index contributed by atoms with van der Waals surface area (Å²) in [6, 6.07) is 8.75. The molecule has 3 heteroatoms. The zero-order valence-electron chi connectivity index (χ0n) is 11.4. The van der Waals surface area contributed by atoms with Crippen LogP contribution in [0.4, 0.5) is 0 Å². The first kappa shape index (κ1) is 14.6. The zero-order chi connectivity index (χ0) is 13.7. The minimum absolute atomic E-state index is 0.367. The molecule has 0 fully saturated rings. The molecule has 0 aliphatic carbocycles. The predicted octanol–water partition coefficient (Wildman–Crippen LogP) is 4.99. The molecule has 0 saturated carbocycles. The Hall–Kier alpha value is -0.830. The van der Waals surface area contributed by atoms with Gasteiger partial charge in [-0.15, -0.1) is 0 Å². The van der Waals surface area contributed by atoms with Gasteiger partial charge in [0.25, 0.3) is 0 Å². The van der Waals surface area contributed by atoms with Crippen LogP contribution in [0.2, 0.25) is 5.02 Å². The first-order valence-electron chi connectivity index (χ1n) is 6.71. The van der Waals surface area contributed by atoms with Crippen molar-refractivity contribution in [2.75, 3.05) is 6.54 Å². The Balaban J connectivity index is 2.20. The highest BCUT2D eigenvalue weighted by Gasteiger charge is 2.14. The fraction of sp³-hybridized carbons (Fsp3) is 0.375. The second-order valence-corrected chi connectivity index (χ2v) is 6.06. The molecular formula is C16H20ClNS. The quantitative estimate of drug-likeness (QED) is 0.791. The van der Waals surface area contributed by atoms with Gasteiger partial charge < -0.3 is 5.32 Å². The van der Waals surface area contributed by atoms with Crippen molar-refractivity contribution in [3.63, 3.8) is 0 Å². The number of rotatable bonds is 6. The number of hydrogen-bond acceptors (Lipinski definition) is 2. The van der Waals surface area contributed by atoms with E-state index in [0.29, 0.717) is 6.04 Å². The van der Waals surface area contributed by atoms with Crippen LogP contribution in [-0.4, -0.2) is 6.54 Å². The molecule has 0 spiro atoms. The number of aryl methyl sites for hydroxylation is 1. The summed E-state index contributed by atoms with van der Waals surface area (Å²) < 4.78 is 0. The molecular weight excluding hydrogens is 274 g/mol. The average molecular weight is 294 g/mol. The summed E-state index contributed by atoms with van der Waals surface area (Å²) in [4.78, 5) is 0. The molecule has 1 nitrogen and oxygen atoms in total. The molecule has 1 unspecified atom stereocenters. The van der Waals surface area contributed by atoms with Crippen LogP contribution >= 0.6 is 22.9 Å². The molecule has 102 valence electrons. The van der Waals surface area contributed by atoms with Crippen molar-refractivity contribution in [3.8, 4) is 0 Å². The van der Waals surface area contributed by atoms with Gasteiger partial charge in [0.2, 0.25) is 0 Å². The van der Waals surface area contributed by atoms with Crippen LogP contribution < -0.4 is 5.32 Å². The third kappa shape index (κ3) is 4.07. The van der Waals surface area contributed by atoms with E-state index >= 15 is 0 Å². The van der Waals surface area contributed by atoms with Crippen LogP contribution in [-0.2, 0) is 6.42 Å². The maximum Gasteiger partial charge on any atom is 0.0408 e. The molecule has 0 aliphatic rings. The van der Waals surface area contributed by atoms with Crippen molar-refractivity contribution in [1.82, 2.24) is 5.32 Å². The summed E-state index contributed by atoms with van der Waals surface area (Å²) in [7, 11) is 0. The van der Waals surface area contributed by atoms with Crippen molar-refractivity contribution >= 4 is 22.9 Å². The lowest BCUT2D eigenvalue weighted by molar-refractivity contribution is 0.528. The fourth-order valence-electron chi connectivity index (χ4n) is 2.29. The van der Waals surface area contributed by atoms with E-state index in [9.17, 15) is 0 Å². The van der Waals surface area contributed by atoms with Gasteiger partial charge in [-0.25, -0.2) is 0 Å². The maximum absolute atomic E-state index is 6.05. The minimum Gasteiger partial charge on any atom is -0.310 e. The smallest absolute Gasteiger partial charge is 0.0408 e. The van der Waals surface area contributed by atoms with E-state index in [1.165, 1.54) is 16.7 Å². The minimum atomic E-state index is 0.367. The van der Waals surface area contributed by atoms with Crippen molar-refractivity contribution in [2.45, 2.75) is 32.7 Å². The molecule has 1 atom stereocenters. The normalized spacial score (nSPS) is 12.6. The van der Waals surface area contributed by atoms with Gasteiger partial charge in [0.05, 0.1) is 0 Å². The van der Waals surface area contributed by atoms with Crippen LogP contribution in [0, 0.1) is 6.92 Å². The van der Waals surface area contributed by atoms with Gasteiger partial charge in [-0.1, -0.05) is 24.6 Å². The molecule has 2 aromatic rings. The Labute approximate surface area is 124 Å². The molecule has 1 aromatic carbocycles. The Morgan fingerprint density at radius 1 is 1.32 bits per heavy atom. The Morgan fingerprint density at radius 2 is 2.16 bits per heavy atom. The number of hydrogen-bond donors (Lipinski definition) is 1. The van der Waals surface area contributed by atoms with E-state index in [2.05, 4.69) is 42.1 Å². The first-order chi connectivity index (χ1) is 9.20.